The lowest BCUT2D eigenvalue weighted by Crippen LogP contribution is -2.45. The highest BCUT2D eigenvalue weighted by atomic mass is 19.4. The van der Waals surface area contributed by atoms with Crippen LogP contribution in [0.25, 0.3) is 0 Å². The normalized spacial score (nSPS) is 25.7. The molecule has 2 atom stereocenters. The monoisotopic (exact) mass is 238 g/mol. The van der Waals surface area contributed by atoms with Crippen molar-refractivity contribution in [3.8, 4) is 0 Å². The second-order valence-electron chi connectivity index (χ2n) is 4.66. The van der Waals surface area contributed by atoms with Crippen molar-refractivity contribution in [1.82, 2.24) is 4.90 Å². The van der Waals surface area contributed by atoms with Gasteiger partial charge in [0.05, 0.1) is 5.92 Å². The Labute approximate surface area is 95.0 Å². The van der Waals surface area contributed by atoms with E-state index in [4.69, 9.17) is 5.73 Å². The molecular formula is C11H21F3N2. The van der Waals surface area contributed by atoms with Gasteiger partial charge < -0.3 is 10.6 Å². The van der Waals surface area contributed by atoms with Gasteiger partial charge in [0, 0.05) is 12.6 Å². The fourth-order valence-electron chi connectivity index (χ4n) is 2.27. The van der Waals surface area contributed by atoms with Gasteiger partial charge in [0.1, 0.15) is 0 Å². The third-order valence-corrected chi connectivity index (χ3v) is 3.37. The SMILES string of the molecule is CC(CCCN)N1CCCC(C(F)(F)F)C1. The molecule has 2 N–H and O–H groups in total. The largest absolute Gasteiger partial charge is 0.393 e. The Morgan fingerprint density at radius 1 is 1.44 bits per heavy atom. The number of hydrogen-bond acceptors (Lipinski definition) is 2. The Kier molecular flexibility index (Phi) is 5.05. The van der Waals surface area contributed by atoms with Crippen molar-refractivity contribution in [1.29, 1.82) is 0 Å². The molecule has 0 aromatic heterocycles. The van der Waals surface area contributed by atoms with Gasteiger partial charge in [-0.05, 0) is 45.7 Å². The fraction of sp³-hybridized carbons (Fsp3) is 1.00. The van der Waals surface area contributed by atoms with Gasteiger partial charge in [0.2, 0.25) is 0 Å². The van der Waals surface area contributed by atoms with Crippen LogP contribution < -0.4 is 5.73 Å². The number of nitrogens with zero attached hydrogens (tertiary/aromatic N) is 1. The molecule has 16 heavy (non-hydrogen) atoms. The summed E-state index contributed by atoms with van der Waals surface area (Å²) >= 11 is 0. The molecule has 0 aliphatic carbocycles. The molecule has 1 rings (SSSR count). The third-order valence-electron chi connectivity index (χ3n) is 3.37. The number of likely N-dealkylation sites (tertiary alicyclic amines) is 1. The second kappa shape index (κ2) is 5.87. The van der Waals surface area contributed by atoms with Crippen LogP contribution in [0, 0.1) is 5.92 Å². The molecule has 1 heterocycles. The number of hydrogen-bond donors (Lipinski definition) is 1. The van der Waals surface area contributed by atoms with Gasteiger partial charge in [-0.3, -0.25) is 0 Å². The van der Waals surface area contributed by atoms with E-state index in [-0.39, 0.29) is 19.0 Å². The quantitative estimate of drug-likeness (QED) is 0.814. The lowest BCUT2D eigenvalue weighted by molar-refractivity contribution is -0.188. The number of rotatable bonds is 4. The Morgan fingerprint density at radius 3 is 2.69 bits per heavy atom. The molecule has 96 valence electrons. The molecular weight excluding hydrogens is 217 g/mol. The maximum absolute atomic E-state index is 12.6. The summed E-state index contributed by atoms with van der Waals surface area (Å²) in [7, 11) is 0. The van der Waals surface area contributed by atoms with E-state index in [2.05, 4.69) is 0 Å². The van der Waals surface area contributed by atoms with E-state index in [9.17, 15) is 13.2 Å². The summed E-state index contributed by atoms with van der Waals surface area (Å²) in [4.78, 5) is 1.96. The molecule has 2 unspecified atom stereocenters. The highest BCUT2D eigenvalue weighted by molar-refractivity contribution is 4.80. The van der Waals surface area contributed by atoms with Gasteiger partial charge in [0.15, 0.2) is 0 Å². The van der Waals surface area contributed by atoms with Crippen LogP contribution in [0.3, 0.4) is 0 Å². The average molecular weight is 238 g/mol. The van der Waals surface area contributed by atoms with E-state index in [1.807, 2.05) is 11.8 Å². The topological polar surface area (TPSA) is 29.3 Å². The zero-order chi connectivity index (χ0) is 12.2. The van der Waals surface area contributed by atoms with Crippen molar-refractivity contribution >= 4 is 0 Å². The van der Waals surface area contributed by atoms with Crippen molar-refractivity contribution in [2.75, 3.05) is 19.6 Å². The van der Waals surface area contributed by atoms with Crippen molar-refractivity contribution < 1.29 is 13.2 Å². The maximum atomic E-state index is 12.6. The molecule has 5 heteroatoms. The van der Waals surface area contributed by atoms with Crippen molar-refractivity contribution in [3.63, 3.8) is 0 Å². The molecule has 0 amide bonds. The summed E-state index contributed by atoms with van der Waals surface area (Å²) in [5.74, 6) is -1.14. The van der Waals surface area contributed by atoms with Crippen LogP contribution in [0.2, 0.25) is 0 Å². The van der Waals surface area contributed by atoms with E-state index in [0.717, 1.165) is 19.4 Å². The van der Waals surface area contributed by atoms with Crippen molar-refractivity contribution in [2.45, 2.75) is 44.8 Å². The summed E-state index contributed by atoms with van der Waals surface area (Å²) in [6.45, 7) is 3.56. The van der Waals surface area contributed by atoms with Gasteiger partial charge in [-0.15, -0.1) is 0 Å². The molecule has 0 aromatic rings. The molecule has 1 aliphatic rings. The van der Waals surface area contributed by atoms with E-state index < -0.39 is 12.1 Å². The summed E-state index contributed by atoms with van der Waals surface area (Å²) in [5.41, 5.74) is 5.40. The summed E-state index contributed by atoms with van der Waals surface area (Å²) in [5, 5.41) is 0. The highest BCUT2D eigenvalue weighted by Crippen LogP contribution is 2.33. The Balaban J connectivity index is 2.43. The van der Waals surface area contributed by atoms with E-state index in [0.29, 0.717) is 13.0 Å². The lowest BCUT2D eigenvalue weighted by atomic mass is 9.95. The third kappa shape index (κ3) is 3.94. The molecule has 1 fully saturated rings. The van der Waals surface area contributed by atoms with Crippen LogP contribution in [-0.4, -0.2) is 36.8 Å². The number of alkyl halides is 3. The number of halogens is 3. The smallest absolute Gasteiger partial charge is 0.330 e. The first-order chi connectivity index (χ1) is 7.45. The zero-order valence-electron chi connectivity index (χ0n) is 9.76. The van der Waals surface area contributed by atoms with Gasteiger partial charge in [-0.1, -0.05) is 0 Å². The van der Waals surface area contributed by atoms with Crippen molar-refractivity contribution in [3.05, 3.63) is 0 Å². The Bertz CT molecular complexity index is 206. The number of piperidine rings is 1. The first kappa shape index (κ1) is 13.8. The van der Waals surface area contributed by atoms with Crippen LogP contribution in [0.5, 0.6) is 0 Å². The Hall–Kier alpha value is -0.290. The van der Waals surface area contributed by atoms with E-state index in [1.165, 1.54) is 0 Å². The van der Waals surface area contributed by atoms with E-state index in [1.54, 1.807) is 0 Å². The van der Waals surface area contributed by atoms with Crippen molar-refractivity contribution in [2.24, 2.45) is 11.7 Å². The van der Waals surface area contributed by atoms with Crippen LogP contribution in [0.4, 0.5) is 13.2 Å². The molecule has 0 bridgehead atoms. The van der Waals surface area contributed by atoms with Crippen LogP contribution >= 0.6 is 0 Å². The average Bonchev–Trinajstić information content (AvgIpc) is 2.25. The highest BCUT2D eigenvalue weighted by Gasteiger charge is 2.42. The Morgan fingerprint density at radius 2 is 2.12 bits per heavy atom. The zero-order valence-corrected chi connectivity index (χ0v) is 9.76. The minimum absolute atomic E-state index is 0.162. The molecule has 2 nitrogen and oxygen atoms in total. The maximum Gasteiger partial charge on any atom is 0.393 e. The molecule has 0 saturated carbocycles. The van der Waals surface area contributed by atoms with Crippen LogP contribution in [-0.2, 0) is 0 Å². The van der Waals surface area contributed by atoms with Gasteiger partial charge >= 0.3 is 6.18 Å². The second-order valence-corrected chi connectivity index (χ2v) is 4.66. The predicted molar refractivity (Wildman–Crippen MR) is 58.1 cm³/mol. The summed E-state index contributed by atoms with van der Waals surface area (Å²) in [6, 6.07) is 0.216. The van der Waals surface area contributed by atoms with Gasteiger partial charge in [-0.2, -0.15) is 13.2 Å². The fourth-order valence-corrected chi connectivity index (χ4v) is 2.27. The minimum Gasteiger partial charge on any atom is -0.330 e. The molecule has 1 saturated heterocycles. The first-order valence-electron chi connectivity index (χ1n) is 5.96. The van der Waals surface area contributed by atoms with Crippen LogP contribution in [0.1, 0.15) is 32.6 Å². The first-order valence-corrected chi connectivity index (χ1v) is 5.96. The van der Waals surface area contributed by atoms with E-state index >= 15 is 0 Å². The predicted octanol–water partition coefficient (Wildman–Crippen LogP) is 2.39. The van der Waals surface area contributed by atoms with Gasteiger partial charge in [-0.25, -0.2) is 0 Å². The molecule has 1 aliphatic heterocycles. The van der Waals surface area contributed by atoms with Gasteiger partial charge in [0.25, 0.3) is 0 Å². The van der Waals surface area contributed by atoms with Crippen LogP contribution in [0.15, 0.2) is 0 Å². The molecule has 0 radical (unpaired) electrons. The summed E-state index contributed by atoms with van der Waals surface area (Å²) < 4.78 is 37.8. The summed E-state index contributed by atoms with van der Waals surface area (Å²) in [6.07, 6.45) is -1.33. The minimum atomic E-state index is -4.04. The molecule has 0 aromatic carbocycles. The molecule has 0 spiro atoms. The standard InChI is InChI=1S/C11H21F3N2/c1-9(4-2-6-15)16-7-3-5-10(8-16)11(12,13)14/h9-10H,2-8,15H2,1H3. The number of nitrogens with two attached hydrogens (primary N) is 1. The lowest BCUT2D eigenvalue weighted by Gasteiger charge is -2.37.